The van der Waals surface area contributed by atoms with Gasteiger partial charge in [0, 0.05) is 6.04 Å². The van der Waals surface area contributed by atoms with Gasteiger partial charge in [-0.3, -0.25) is 4.79 Å². The monoisotopic (exact) mass is 287 g/mol. The second kappa shape index (κ2) is 6.86. The molecular weight excluding hydrogens is 260 g/mol. The summed E-state index contributed by atoms with van der Waals surface area (Å²) in [5.74, 6) is 0.382. The first-order valence-electron chi connectivity index (χ1n) is 8.17. The predicted octanol–water partition coefficient (Wildman–Crippen LogP) is 4.29. The van der Waals surface area contributed by atoms with E-state index < -0.39 is 11.8 Å². The fourth-order valence-electron chi connectivity index (χ4n) is 3.88. The molecule has 0 spiro atoms. The van der Waals surface area contributed by atoms with Gasteiger partial charge in [0.15, 0.2) is 0 Å². The van der Waals surface area contributed by atoms with Crippen LogP contribution < -0.4 is 5.32 Å². The number of alkyl halides is 2. The molecule has 0 heterocycles. The normalized spacial score (nSPS) is 29.6. The summed E-state index contributed by atoms with van der Waals surface area (Å²) in [5.41, 5.74) is -1.39. The summed E-state index contributed by atoms with van der Waals surface area (Å²) < 4.78 is 26.6. The lowest BCUT2D eigenvalue weighted by atomic mass is 9.81. The second-order valence-electron chi connectivity index (χ2n) is 6.64. The van der Waals surface area contributed by atoms with Gasteiger partial charge in [-0.1, -0.05) is 32.6 Å². The van der Waals surface area contributed by atoms with Crippen molar-refractivity contribution in [2.75, 3.05) is 0 Å². The summed E-state index contributed by atoms with van der Waals surface area (Å²) >= 11 is 0. The molecule has 0 aliphatic heterocycles. The highest BCUT2D eigenvalue weighted by molar-refractivity contribution is 5.83. The van der Waals surface area contributed by atoms with Gasteiger partial charge >= 0.3 is 0 Å². The molecule has 2 fully saturated rings. The molecule has 0 aromatic carbocycles. The third-order valence-electron chi connectivity index (χ3n) is 5.24. The molecule has 2 nitrogen and oxygen atoms in total. The average Bonchev–Trinajstić information content (AvgIpc) is 2.92. The van der Waals surface area contributed by atoms with Crippen molar-refractivity contribution in [2.24, 2.45) is 11.3 Å². The topological polar surface area (TPSA) is 29.1 Å². The minimum absolute atomic E-state index is 0.117. The molecule has 0 bridgehead atoms. The fraction of sp³-hybridized carbons (Fsp3) is 0.938. The van der Waals surface area contributed by atoms with Crippen LogP contribution in [0.3, 0.4) is 0 Å². The van der Waals surface area contributed by atoms with Crippen molar-refractivity contribution in [3.63, 3.8) is 0 Å². The minimum Gasteiger partial charge on any atom is -0.353 e. The standard InChI is InChI=1S/C16H27F2NO/c1-2-5-12-6-8-13(9-7-12)19-15(20)16(14(17)18)10-3-4-11-16/h12-14H,2-11H2,1H3,(H,19,20). The smallest absolute Gasteiger partial charge is 0.252 e. The van der Waals surface area contributed by atoms with Crippen molar-refractivity contribution in [3.05, 3.63) is 0 Å². The van der Waals surface area contributed by atoms with E-state index in [0.29, 0.717) is 12.8 Å². The van der Waals surface area contributed by atoms with Crippen LogP contribution in [0.1, 0.15) is 71.1 Å². The van der Waals surface area contributed by atoms with Crippen molar-refractivity contribution in [1.82, 2.24) is 5.32 Å². The van der Waals surface area contributed by atoms with E-state index in [1.807, 2.05) is 0 Å². The van der Waals surface area contributed by atoms with Crippen molar-refractivity contribution in [3.8, 4) is 0 Å². The molecule has 4 heteroatoms. The quantitative estimate of drug-likeness (QED) is 0.803. The van der Waals surface area contributed by atoms with E-state index in [0.717, 1.165) is 44.4 Å². The highest BCUT2D eigenvalue weighted by Gasteiger charge is 2.49. The van der Waals surface area contributed by atoms with Crippen LogP contribution in [0.2, 0.25) is 0 Å². The van der Waals surface area contributed by atoms with Gasteiger partial charge < -0.3 is 5.32 Å². The van der Waals surface area contributed by atoms with Gasteiger partial charge in [0.25, 0.3) is 6.43 Å². The summed E-state index contributed by atoms with van der Waals surface area (Å²) in [7, 11) is 0. The first-order chi connectivity index (χ1) is 9.58. The molecule has 0 radical (unpaired) electrons. The molecule has 0 unspecified atom stereocenters. The Morgan fingerprint density at radius 2 is 1.80 bits per heavy atom. The zero-order valence-corrected chi connectivity index (χ0v) is 12.5. The average molecular weight is 287 g/mol. The van der Waals surface area contributed by atoms with E-state index in [-0.39, 0.29) is 11.9 Å². The van der Waals surface area contributed by atoms with E-state index in [9.17, 15) is 13.6 Å². The Kier molecular flexibility index (Phi) is 5.39. The molecule has 2 rings (SSSR count). The van der Waals surface area contributed by atoms with Crippen LogP contribution in [0.5, 0.6) is 0 Å². The molecule has 0 saturated heterocycles. The maximum Gasteiger partial charge on any atom is 0.252 e. The van der Waals surface area contributed by atoms with Crippen LogP contribution in [0, 0.1) is 11.3 Å². The summed E-state index contributed by atoms with van der Waals surface area (Å²) in [4.78, 5) is 12.3. The molecule has 0 atom stereocenters. The van der Waals surface area contributed by atoms with Gasteiger partial charge in [-0.15, -0.1) is 0 Å². The zero-order chi connectivity index (χ0) is 14.6. The van der Waals surface area contributed by atoms with E-state index in [1.165, 1.54) is 12.8 Å². The van der Waals surface area contributed by atoms with Gasteiger partial charge in [-0.2, -0.15) is 0 Å². The van der Waals surface area contributed by atoms with E-state index in [4.69, 9.17) is 0 Å². The molecule has 116 valence electrons. The van der Waals surface area contributed by atoms with E-state index >= 15 is 0 Å². The number of hydrogen-bond acceptors (Lipinski definition) is 1. The Hall–Kier alpha value is -0.670. The van der Waals surface area contributed by atoms with Crippen LogP contribution in [0.4, 0.5) is 8.78 Å². The molecule has 2 saturated carbocycles. The summed E-state index contributed by atoms with van der Waals surface area (Å²) in [5, 5.41) is 2.93. The Morgan fingerprint density at radius 3 is 2.30 bits per heavy atom. The zero-order valence-electron chi connectivity index (χ0n) is 12.5. The number of carbonyl (C=O) groups is 1. The molecule has 2 aliphatic carbocycles. The Balaban J connectivity index is 1.85. The molecular formula is C16H27F2NO. The largest absolute Gasteiger partial charge is 0.353 e. The maximum atomic E-state index is 13.3. The lowest BCUT2D eigenvalue weighted by Gasteiger charge is -2.33. The molecule has 2 aliphatic rings. The Morgan fingerprint density at radius 1 is 1.20 bits per heavy atom. The van der Waals surface area contributed by atoms with Crippen LogP contribution in [-0.2, 0) is 4.79 Å². The number of nitrogens with one attached hydrogen (secondary N) is 1. The third kappa shape index (κ3) is 3.32. The lowest BCUT2D eigenvalue weighted by Crippen LogP contribution is -2.48. The molecule has 0 aromatic rings. The Labute approximate surface area is 120 Å². The third-order valence-corrected chi connectivity index (χ3v) is 5.24. The first-order valence-corrected chi connectivity index (χ1v) is 8.17. The molecule has 20 heavy (non-hydrogen) atoms. The minimum atomic E-state index is -2.53. The summed E-state index contributed by atoms with van der Waals surface area (Å²) in [6, 6.07) is 0.117. The number of halogens is 2. The number of hydrogen-bond donors (Lipinski definition) is 1. The van der Waals surface area contributed by atoms with Gasteiger partial charge in [0.2, 0.25) is 5.91 Å². The highest BCUT2D eigenvalue weighted by Crippen LogP contribution is 2.43. The van der Waals surface area contributed by atoms with Crippen LogP contribution in [0.15, 0.2) is 0 Å². The van der Waals surface area contributed by atoms with E-state index in [2.05, 4.69) is 12.2 Å². The van der Waals surface area contributed by atoms with Gasteiger partial charge in [0.1, 0.15) is 5.41 Å². The molecule has 1 N–H and O–H groups in total. The predicted molar refractivity (Wildman–Crippen MR) is 75.7 cm³/mol. The SMILES string of the molecule is CCCC1CCC(NC(=O)C2(C(F)F)CCCC2)CC1. The van der Waals surface area contributed by atoms with Crippen LogP contribution in [0.25, 0.3) is 0 Å². The number of amides is 1. The summed E-state index contributed by atoms with van der Waals surface area (Å²) in [6.07, 6.45) is 6.29. The Bertz CT molecular complexity index is 318. The van der Waals surface area contributed by atoms with Crippen molar-refractivity contribution >= 4 is 5.91 Å². The highest BCUT2D eigenvalue weighted by atomic mass is 19.3. The molecule has 1 amide bonds. The van der Waals surface area contributed by atoms with Crippen molar-refractivity contribution in [1.29, 1.82) is 0 Å². The molecule has 0 aromatic heterocycles. The number of carbonyl (C=O) groups excluding carboxylic acids is 1. The number of rotatable bonds is 5. The van der Waals surface area contributed by atoms with Crippen LogP contribution in [-0.4, -0.2) is 18.4 Å². The second-order valence-corrected chi connectivity index (χ2v) is 6.64. The maximum absolute atomic E-state index is 13.3. The summed E-state index contributed by atoms with van der Waals surface area (Å²) in [6.45, 7) is 2.19. The fourth-order valence-corrected chi connectivity index (χ4v) is 3.88. The van der Waals surface area contributed by atoms with Gasteiger partial charge in [-0.05, 0) is 44.4 Å². The first kappa shape index (κ1) is 15.7. The van der Waals surface area contributed by atoms with Crippen molar-refractivity contribution in [2.45, 2.75) is 83.6 Å². The lowest BCUT2D eigenvalue weighted by molar-refractivity contribution is -0.141. The van der Waals surface area contributed by atoms with Gasteiger partial charge in [-0.25, -0.2) is 8.78 Å². The van der Waals surface area contributed by atoms with Crippen LogP contribution >= 0.6 is 0 Å². The van der Waals surface area contributed by atoms with E-state index in [1.54, 1.807) is 0 Å². The van der Waals surface area contributed by atoms with Gasteiger partial charge in [0.05, 0.1) is 0 Å². The van der Waals surface area contributed by atoms with Crippen molar-refractivity contribution < 1.29 is 13.6 Å².